The number of hydrogen-bond donors (Lipinski definition) is 1. The highest BCUT2D eigenvalue weighted by molar-refractivity contribution is 6.01. The van der Waals surface area contributed by atoms with Gasteiger partial charge >= 0.3 is 6.18 Å². The largest absolute Gasteiger partial charge is 0.433 e. The van der Waals surface area contributed by atoms with Gasteiger partial charge in [0, 0.05) is 23.2 Å². The molecule has 3 aromatic heterocycles. The van der Waals surface area contributed by atoms with E-state index in [4.69, 9.17) is 5.73 Å². The number of alkyl halides is 3. The summed E-state index contributed by atoms with van der Waals surface area (Å²) in [6, 6.07) is 7.32. The molecule has 8 nitrogen and oxygen atoms in total. The van der Waals surface area contributed by atoms with Crippen LogP contribution in [0.15, 0.2) is 36.7 Å². The summed E-state index contributed by atoms with van der Waals surface area (Å²) in [7, 11) is 0. The number of aromatic nitrogens is 5. The number of nitrogen functional groups attached to an aromatic ring is 1. The number of hydrogen-bond acceptors (Lipinski definition) is 6. The van der Waals surface area contributed by atoms with Gasteiger partial charge in [0.05, 0.1) is 11.6 Å². The van der Waals surface area contributed by atoms with Crippen LogP contribution in [0.25, 0.3) is 16.6 Å². The molecule has 0 radical (unpaired) electrons. The standard InChI is InChI=1S/C23H20F3N7O/c24-23(25,26)19-8-4-14-16(29-19)6-7-18(14)32(10-12-1-2-12)21(34)13-3-5-17-15(9-13)20-31-28-11-33(20)22(27)30-17/h3-5,8-9,11-12,18H,1-2,6-7,10H2,(H2,27,30). The third-order valence-electron chi connectivity index (χ3n) is 6.62. The molecule has 1 fully saturated rings. The van der Waals surface area contributed by atoms with Crippen LogP contribution in [0.1, 0.15) is 52.6 Å². The van der Waals surface area contributed by atoms with Crippen LogP contribution < -0.4 is 5.73 Å². The maximum absolute atomic E-state index is 13.8. The fourth-order valence-corrected chi connectivity index (χ4v) is 4.73. The van der Waals surface area contributed by atoms with Crippen molar-refractivity contribution in [2.75, 3.05) is 12.3 Å². The minimum absolute atomic E-state index is 0.180. The van der Waals surface area contributed by atoms with E-state index in [1.54, 1.807) is 27.5 Å². The fraction of sp³-hybridized carbons (Fsp3) is 0.348. The van der Waals surface area contributed by atoms with Crippen molar-refractivity contribution in [1.82, 2.24) is 29.5 Å². The number of aryl methyl sites for hydroxylation is 1. The molecule has 6 rings (SSSR count). The summed E-state index contributed by atoms with van der Waals surface area (Å²) in [6.45, 7) is 0.558. The Labute approximate surface area is 191 Å². The van der Waals surface area contributed by atoms with Gasteiger partial charge in [-0.3, -0.25) is 9.20 Å². The van der Waals surface area contributed by atoms with Crippen LogP contribution in [0.3, 0.4) is 0 Å². The molecule has 0 saturated heterocycles. The van der Waals surface area contributed by atoms with Crippen LogP contribution in [0, 0.1) is 5.92 Å². The predicted molar refractivity (Wildman–Crippen MR) is 117 cm³/mol. The number of anilines is 1. The molecule has 2 aliphatic carbocycles. The minimum atomic E-state index is -4.49. The summed E-state index contributed by atoms with van der Waals surface area (Å²) >= 11 is 0. The Kier molecular flexibility index (Phi) is 4.51. The van der Waals surface area contributed by atoms with Crippen LogP contribution in [0.2, 0.25) is 0 Å². The Morgan fingerprint density at radius 2 is 1.97 bits per heavy atom. The first kappa shape index (κ1) is 20.8. The zero-order chi connectivity index (χ0) is 23.6. The quantitative estimate of drug-likeness (QED) is 0.490. The first-order valence-electron chi connectivity index (χ1n) is 11.1. The second-order valence-corrected chi connectivity index (χ2v) is 8.91. The molecule has 174 valence electrons. The van der Waals surface area contributed by atoms with E-state index in [2.05, 4.69) is 20.2 Å². The monoisotopic (exact) mass is 467 g/mol. The lowest BCUT2D eigenvalue weighted by atomic mass is 10.0. The maximum Gasteiger partial charge on any atom is 0.433 e. The molecule has 3 heterocycles. The average Bonchev–Trinajstić information content (AvgIpc) is 3.31. The second-order valence-electron chi connectivity index (χ2n) is 8.91. The smallest absolute Gasteiger partial charge is 0.369 e. The van der Waals surface area contributed by atoms with Gasteiger partial charge in [0.25, 0.3) is 5.91 Å². The Bertz CT molecular complexity index is 1440. The zero-order valence-electron chi connectivity index (χ0n) is 18.0. The number of halogens is 3. The van der Waals surface area contributed by atoms with Crippen molar-refractivity contribution >= 4 is 28.4 Å². The first-order chi connectivity index (χ1) is 16.3. The molecule has 2 aliphatic rings. The van der Waals surface area contributed by atoms with Gasteiger partial charge < -0.3 is 10.6 Å². The minimum Gasteiger partial charge on any atom is -0.369 e. The van der Waals surface area contributed by atoms with Gasteiger partial charge in [0.1, 0.15) is 12.0 Å². The van der Waals surface area contributed by atoms with Crippen LogP contribution in [-0.2, 0) is 12.6 Å². The highest BCUT2D eigenvalue weighted by Crippen LogP contribution is 2.41. The SMILES string of the molecule is Nc1nc2ccc(C(=O)N(CC3CC3)C3CCc4nc(C(F)(F)F)ccc43)cc2c2nncn12. The number of benzene rings is 1. The predicted octanol–water partition coefficient (Wildman–Crippen LogP) is 3.81. The summed E-state index contributed by atoms with van der Waals surface area (Å²) in [5, 5.41) is 8.65. The van der Waals surface area contributed by atoms with Gasteiger partial charge in [0.15, 0.2) is 5.65 Å². The topological polar surface area (TPSA) is 102 Å². The molecule has 1 saturated carbocycles. The van der Waals surface area contributed by atoms with E-state index < -0.39 is 11.9 Å². The molecule has 1 atom stereocenters. The van der Waals surface area contributed by atoms with Crippen molar-refractivity contribution in [2.45, 2.75) is 37.9 Å². The summed E-state index contributed by atoms with van der Waals surface area (Å²) in [5.41, 5.74) is 7.72. The number of amides is 1. The first-order valence-corrected chi connectivity index (χ1v) is 11.1. The number of carbonyl (C=O) groups is 1. The summed E-state index contributed by atoms with van der Waals surface area (Å²) < 4.78 is 40.9. The third-order valence-corrected chi connectivity index (χ3v) is 6.62. The normalized spacial score (nSPS) is 17.9. The summed E-state index contributed by atoms with van der Waals surface area (Å²) in [5.74, 6) is 0.469. The molecular formula is C23H20F3N7O. The van der Waals surface area contributed by atoms with E-state index in [-0.39, 0.29) is 17.9 Å². The van der Waals surface area contributed by atoms with E-state index in [9.17, 15) is 18.0 Å². The lowest BCUT2D eigenvalue weighted by Crippen LogP contribution is -2.35. The Balaban J connectivity index is 1.39. The summed E-state index contributed by atoms with van der Waals surface area (Å²) in [6.07, 6.45) is -0.0114. The molecule has 1 amide bonds. The van der Waals surface area contributed by atoms with E-state index >= 15 is 0 Å². The zero-order valence-corrected chi connectivity index (χ0v) is 18.0. The fourth-order valence-electron chi connectivity index (χ4n) is 4.73. The Hall–Kier alpha value is -3.76. The van der Waals surface area contributed by atoms with Crippen molar-refractivity contribution in [3.63, 3.8) is 0 Å². The number of rotatable bonds is 4. The highest BCUT2D eigenvalue weighted by atomic mass is 19.4. The van der Waals surface area contributed by atoms with Crippen molar-refractivity contribution < 1.29 is 18.0 Å². The lowest BCUT2D eigenvalue weighted by molar-refractivity contribution is -0.141. The van der Waals surface area contributed by atoms with Gasteiger partial charge in [0.2, 0.25) is 5.95 Å². The lowest BCUT2D eigenvalue weighted by Gasteiger charge is -2.30. The average molecular weight is 467 g/mol. The number of nitrogens with two attached hydrogens (primary N) is 1. The third kappa shape index (κ3) is 3.42. The van der Waals surface area contributed by atoms with Crippen LogP contribution in [0.5, 0.6) is 0 Å². The Morgan fingerprint density at radius 3 is 2.74 bits per heavy atom. The van der Waals surface area contributed by atoms with Crippen LogP contribution >= 0.6 is 0 Å². The molecule has 11 heteroatoms. The highest BCUT2D eigenvalue weighted by Gasteiger charge is 2.39. The van der Waals surface area contributed by atoms with Gasteiger partial charge in [-0.15, -0.1) is 10.2 Å². The molecule has 0 spiro atoms. The molecule has 1 aromatic carbocycles. The number of carbonyl (C=O) groups excluding carboxylic acids is 1. The molecular weight excluding hydrogens is 447 g/mol. The van der Waals surface area contributed by atoms with Crippen molar-refractivity contribution in [2.24, 2.45) is 5.92 Å². The van der Waals surface area contributed by atoms with E-state index in [1.807, 2.05) is 0 Å². The number of pyridine rings is 1. The van der Waals surface area contributed by atoms with Gasteiger partial charge in [-0.25, -0.2) is 9.97 Å². The van der Waals surface area contributed by atoms with Crippen molar-refractivity contribution in [3.8, 4) is 0 Å². The molecule has 0 bridgehead atoms. The van der Waals surface area contributed by atoms with Gasteiger partial charge in [-0.1, -0.05) is 6.07 Å². The molecule has 34 heavy (non-hydrogen) atoms. The van der Waals surface area contributed by atoms with Gasteiger partial charge in [-0.05, 0) is 61.4 Å². The molecule has 0 aliphatic heterocycles. The Morgan fingerprint density at radius 1 is 1.15 bits per heavy atom. The second kappa shape index (κ2) is 7.37. The van der Waals surface area contributed by atoms with Crippen molar-refractivity contribution in [1.29, 1.82) is 0 Å². The van der Waals surface area contributed by atoms with E-state index in [0.717, 1.165) is 18.9 Å². The summed E-state index contributed by atoms with van der Waals surface area (Å²) in [4.78, 5) is 23.8. The number of fused-ring (bicyclic) bond motifs is 4. The molecule has 2 N–H and O–H groups in total. The van der Waals surface area contributed by atoms with Gasteiger partial charge in [-0.2, -0.15) is 13.2 Å². The molecule has 1 unspecified atom stereocenters. The molecule has 4 aromatic rings. The van der Waals surface area contributed by atoms with E-state index in [1.165, 1.54) is 12.4 Å². The van der Waals surface area contributed by atoms with Crippen LogP contribution in [-0.4, -0.2) is 41.9 Å². The van der Waals surface area contributed by atoms with E-state index in [0.29, 0.717) is 58.7 Å². The van der Waals surface area contributed by atoms with Crippen molar-refractivity contribution in [3.05, 3.63) is 59.2 Å². The maximum atomic E-state index is 13.8. The number of nitrogens with zero attached hydrogens (tertiary/aromatic N) is 6. The van der Waals surface area contributed by atoms with Crippen LogP contribution in [0.4, 0.5) is 19.1 Å².